The zero-order valence-corrected chi connectivity index (χ0v) is 10.7. The van der Waals surface area contributed by atoms with Crippen molar-refractivity contribution < 1.29 is 9.90 Å². The first-order valence-corrected chi connectivity index (χ1v) is 5.76. The molecule has 0 fully saturated rings. The fourth-order valence-corrected chi connectivity index (χ4v) is 1.80. The van der Waals surface area contributed by atoms with Gasteiger partial charge in [0, 0.05) is 22.9 Å². The SMILES string of the molecule is O=C(O)c1ccc(=O)n(Cc2cncc(Br)c2)n1. The molecule has 18 heavy (non-hydrogen) atoms. The average molecular weight is 310 g/mol. The standard InChI is InChI=1S/C11H8BrN3O3/c12-8-3-7(4-13-5-8)6-15-10(16)2-1-9(14-15)11(17)18/h1-5H,6H2,(H,17,18). The summed E-state index contributed by atoms with van der Waals surface area (Å²) in [5.74, 6) is -1.17. The second-order valence-corrected chi connectivity index (χ2v) is 4.45. The molecule has 0 aliphatic carbocycles. The van der Waals surface area contributed by atoms with E-state index in [1.165, 1.54) is 12.1 Å². The van der Waals surface area contributed by atoms with Gasteiger partial charge in [-0.25, -0.2) is 9.48 Å². The number of carbonyl (C=O) groups is 1. The van der Waals surface area contributed by atoms with Gasteiger partial charge in [-0.2, -0.15) is 5.10 Å². The van der Waals surface area contributed by atoms with Crippen LogP contribution >= 0.6 is 15.9 Å². The molecule has 0 aromatic carbocycles. The molecule has 0 amide bonds. The lowest BCUT2D eigenvalue weighted by molar-refractivity contribution is 0.0687. The Bertz CT molecular complexity index is 654. The number of halogens is 1. The highest BCUT2D eigenvalue weighted by molar-refractivity contribution is 9.10. The summed E-state index contributed by atoms with van der Waals surface area (Å²) in [6.07, 6.45) is 3.21. The number of aromatic carboxylic acids is 1. The van der Waals surface area contributed by atoms with Gasteiger partial charge in [0.15, 0.2) is 5.69 Å². The molecule has 7 heteroatoms. The number of carboxylic acids is 1. The van der Waals surface area contributed by atoms with E-state index in [-0.39, 0.29) is 17.8 Å². The third-order valence-corrected chi connectivity index (χ3v) is 2.61. The normalized spacial score (nSPS) is 10.3. The molecule has 0 aliphatic heterocycles. The van der Waals surface area contributed by atoms with Crippen molar-refractivity contribution in [1.29, 1.82) is 0 Å². The summed E-state index contributed by atoms with van der Waals surface area (Å²) < 4.78 is 1.87. The van der Waals surface area contributed by atoms with Crippen LogP contribution in [0.25, 0.3) is 0 Å². The van der Waals surface area contributed by atoms with Gasteiger partial charge in [0.25, 0.3) is 5.56 Å². The quantitative estimate of drug-likeness (QED) is 0.919. The van der Waals surface area contributed by atoms with Crippen LogP contribution in [0.2, 0.25) is 0 Å². The Balaban J connectivity index is 2.37. The number of pyridine rings is 1. The Hall–Kier alpha value is -2.02. The maximum Gasteiger partial charge on any atom is 0.356 e. The molecule has 92 valence electrons. The molecule has 2 rings (SSSR count). The van der Waals surface area contributed by atoms with Crippen LogP contribution in [0.4, 0.5) is 0 Å². The lowest BCUT2D eigenvalue weighted by Gasteiger charge is -2.05. The van der Waals surface area contributed by atoms with Crippen LogP contribution in [0, 0.1) is 0 Å². The van der Waals surface area contributed by atoms with Gasteiger partial charge in [0.2, 0.25) is 0 Å². The molecule has 0 saturated heterocycles. The molecule has 0 radical (unpaired) electrons. The first-order chi connectivity index (χ1) is 8.56. The number of hydrogen-bond acceptors (Lipinski definition) is 4. The van der Waals surface area contributed by atoms with Crippen molar-refractivity contribution in [3.05, 3.63) is 56.7 Å². The summed E-state index contributed by atoms with van der Waals surface area (Å²) in [5.41, 5.74) is 0.221. The Morgan fingerprint density at radius 3 is 2.83 bits per heavy atom. The Morgan fingerprint density at radius 2 is 2.17 bits per heavy atom. The molecular weight excluding hydrogens is 302 g/mol. The number of rotatable bonds is 3. The first-order valence-electron chi connectivity index (χ1n) is 4.97. The zero-order chi connectivity index (χ0) is 13.1. The molecule has 2 aromatic rings. The molecule has 0 unspecified atom stereocenters. The molecule has 0 bridgehead atoms. The molecule has 2 aromatic heterocycles. The topological polar surface area (TPSA) is 85.1 Å². The summed E-state index contributed by atoms with van der Waals surface area (Å²) in [5, 5.41) is 12.6. The summed E-state index contributed by atoms with van der Waals surface area (Å²) in [6, 6.07) is 4.15. The number of hydrogen-bond donors (Lipinski definition) is 1. The van der Waals surface area contributed by atoms with Crippen molar-refractivity contribution in [2.75, 3.05) is 0 Å². The van der Waals surface area contributed by atoms with Crippen LogP contribution in [0.1, 0.15) is 16.1 Å². The minimum Gasteiger partial charge on any atom is -0.476 e. The van der Waals surface area contributed by atoms with Crippen LogP contribution in [0.3, 0.4) is 0 Å². The lowest BCUT2D eigenvalue weighted by atomic mass is 10.3. The Kier molecular flexibility index (Phi) is 3.52. The maximum atomic E-state index is 11.6. The minimum absolute atomic E-state index is 0.169. The molecule has 0 saturated carbocycles. The van der Waals surface area contributed by atoms with Crippen molar-refractivity contribution in [3.63, 3.8) is 0 Å². The number of aromatic nitrogens is 3. The summed E-state index contributed by atoms with van der Waals surface area (Å²) >= 11 is 3.27. The Morgan fingerprint density at radius 1 is 1.39 bits per heavy atom. The maximum absolute atomic E-state index is 11.6. The monoisotopic (exact) mass is 309 g/mol. The van der Waals surface area contributed by atoms with Crippen molar-refractivity contribution >= 4 is 21.9 Å². The van der Waals surface area contributed by atoms with E-state index >= 15 is 0 Å². The molecular formula is C11H8BrN3O3. The largest absolute Gasteiger partial charge is 0.476 e. The third kappa shape index (κ3) is 2.80. The van der Waals surface area contributed by atoms with Gasteiger partial charge in [-0.05, 0) is 33.6 Å². The summed E-state index contributed by atoms with van der Waals surface area (Å²) in [4.78, 5) is 26.3. The molecule has 0 spiro atoms. The van der Waals surface area contributed by atoms with Crippen LogP contribution in [-0.4, -0.2) is 25.8 Å². The van der Waals surface area contributed by atoms with Crippen LogP contribution in [0.15, 0.2) is 39.9 Å². The van der Waals surface area contributed by atoms with E-state index in [1.54, 1.807) is 18.5 Å². The predicted octanol–water partition coefficient (Wildman–Crippen LogP) is 1.15. The van der Waals surface area contributed by atoms with E-state index in [1.807, 2.05) is 0 Å². The van der Waals surface area contributed by atoms with Crippen LogP contribution < -0.4 is 5.56 Å². The molecule has 1 N–H and O–H groups in total. The third-order valence-electron chi connectivity index (χ3n) is 2.18. The van der Waals surface area contributed by atoms with E-state index < -0.39 is 5.97 Å². The van der Waals surface area contributed by atoms with Gasteiger partial charge in [-0.15, -0.1) is 0 Å². The lowest BCUT2D eigenvalue weighted by Crippen LogP contribution is -2.24. The van der Waals surface area contributed by atoms with Crippen molar-refractivity contribution in [3.8, 4) is 0 Å². The molecule has 0 aliphatic rings. The van der Waals surface area contributed by atoms with E-state index in [4.69, 9.17) is 5.11 Å². The smallest absolute Gasteiger partial charge is 0.356 e. The second-order valence-electron chi connectivity index (χ2n) is 3.53. The first kappa shape index (κ1) is 12.4. The predicted molar refractivity (Wildman–Crippen MR) is 66.5 cm³/mol. The fourth-order valence-electron chi connectivity index (χ4n) is 1.39. The van der Waals surface area contributed by atoms with E-state index in [9.17, 15) is 9.59 Å². The van der Waals surface area contributed by atoms with E-state index in [2.05, 4.69) is 26.0 Å². The van der Waals surface area contributed by atoms with Gasteiger partial charge in [-0.3, -0.25) is 9.78 Å². The van der Waals surface area contributed by atoms with Crippen molar-refractivity contribution in [2.45, 2.75) is 6.54 Å². The highest BCUT2D eigenvalue weighted by atomic mass is 79.9. The minimum atomic E-state index is -1.17. The van der Waals surface area contributed by atoms with Crippen LogP contribution in [-0.2, 0) is 6.54 Å². The summed E-state index contributed by atoms with van der Waals surface area (Å²) in [6.45, 7) is 0.173. The highest BCUT2D eigenvalue weighted by Crippen LogP contribution is 2.09. The van der Waals surface area contributed by atoms with E-state index in [0.717, 1.165) is 14.7 Å². The number of nitrogens with zero attached hydrogens (tertiary/aromatic N) is 3. The summed E-state index contributed by atoms with van der Waals surface area (Å²) in [7, 11) is 0. The van der Waals surface area contributed by atoms with Gasteiger partial charge >= 0.3 is 5.97 Å². The Labute approximate surface area is 110 Å². The van der Waals surface area contributed by atoms with Gasteiger partial charge in [0.1, 0.15) is 0 Å². The average Bonchev–Trinajstić information content (AvgIpc) is 2.31. The van der Waals surface area contributed by atoms with Crippen molar-refractivity contribution in [1.82, 2.24) is 14.8 Å². The van der Waals surface area contributed by atoms with E-state index in [0.29, 0.717) is 0 Å². The number of carboxylic acid groups (broad SMARTS) is 1. The molecule has 2 heterocycles. The zero-order valence-electron chi connectivity index (χ0n) is 9.08. The van der Waals surface area contributed by atoms with Gasteiger partial charge in [0.05, 0.1) is 6.54 Å². The van der Waals surface area contributed by atoms with Gasteiger partial charge in [-0.1, -0.05) is 0 Å². The second kappa shape index (κ2) is 5.09. The van der Waals surface area contributed by atoms with Crippen molar-refractivity contribution in [2.24, 2.45) is 0 Å². The molecule has 6 nitrogen and oxygen atoms in total. The fraction of sp³-hybridized carbons (Fsp3) is 0.0909. The molecule has 0 atom stereocenters. The van der Waals surface area contributed by atoms with Gasteiger partial charge < -0.3 is 5.11 Å². The highest BCUT2D eigenvalue weighted by Gasteiger charge is 2.07. The van der Waals surface area contributed by atoms with Crippen LogP contribution in [0.5, 0.6) is 0 Å².